The standard InChI is InChI=1S/C18H21N3O2/c1-14(2)12-16(15-8-4-3-5-9-15)19-20-17(22)13-21-11-7-6-10-18(21)23/h3-11,14H,12-13H2,1-2H3,(H,20,22)/b19-16-. The third-order valence-corrected chi connectivity index (χ3v) is 3.24. The summed E-state index contributed by atoms with van der Waals surface area (Å²) in [7, 11) is 0. The van der Waals surface area contributed by atoms with E-state index < -0.39 is 0 Å². The normalized spacial score (nSPS) is 11.5. The van der Waals surface area contributed by atoms with Gasteiger partial charge in [0.05, 0.1) is 5.71 Å². The fourth-order valence-electron chi connectivity index (χ4n) is 2.16. The number of nitrogens with one attached hydrogen (secondary N) is 1. The molecule has 1 heterocycles. The lowest BCUT2D eigenvalue weighted by atomic mass is 10.0. The summed E-state index contributed by atoms with van der Waals surface area (Å²) in [5.74, 6) is 0.0955. The van der Waals surface area contributed by atoms with E-state index in [1.165, 1.54) is 10.6 Å². The second kappa shape index (κ2) is 8.08. The van der Waals surface area contributed by atoms with Crippen LogP contribution in [-0.2, 0) is 11.3 Å². The van der Waals surface area contributed by atoms with E-state index in [-0.39, 0.29) is 18.0 Å². The molecular formula is C18H21N3O2. The van der Waals surface area contributed by atoms with Crippen molar-refractivity contribution in [3.05, 3.63) is 70.6 Å². The number of rotatable bonds is 6. The molecule has 0 saturated carbocycles. The van der Waals surface area contributed by atoms with E-state index in [4.69, 9.17) is 0 Å². The molecule has 0 radical (unpaired) electrons. The summed E-state index contributed by atoms with van der Waals surface area (Å²) in [6.07, 6.45) is 2.34. The highest BCUT2D eigenvalue weighted by molar-refractivity contribution is 6.01. The number of amides is 1. The highest BCUT2D eigenvalue weighted by atomic mass is 16.2. The van der Waals surface area contributed by atoms with Gasteiger partial charge in [0, 0.05) is 12.3 Å². The molecule has 0 aliphatic heterocycles. The topological polar surface area (TPSA) is 63.5 Å². The van der Waals surface area contributed by atoms with Crippen molar-refractivity contribution in [1.82, 2.24) is 9.99 Å². The predicted octanol–water partition coefficient (Wildman–Crippen LogP) is 2.41. The first-order chi connectivity index (χ1) is 11.1. The van der Waals surface area contributed by atoms with Gasteiger partial charge >= 0.3 is 0 Å². The largest absolute Gasteiger partial charge is 0.306 e. The summed E-state index contributed by atoms with van der Waals surface area (Å²) in [5, 5.41) is 4.26. The highest BCUT2D eigenvalue weighted by Gasteiger charge is 2.08. The molecule has 23 heavy (non-hydrogen) atoms. The van der Waals surface area contributed by atoms with E-state index >= 15 is 0 Å². The van der Waals surface area contributed by atoms with Gasteiger partial charge in [-0.2, -0.15) is 5.10 Å². The van der Waals surface area contributed by atoms with E-state index in [2.05, 4.69) is 24.4 Å². The van der Waals surface area contributed by atoms with Crippen LogP contribution < -0.4 is 11.0 Å². The van der Waals surface area contributed by atoms with E-state index in [0.29, 0.717) is 5.92 Å². The van der Waals surface area contributed by atoms with Crippen molar-refractivity contribution in [2.24, 2.45) is 11.0 Å². The zero-order valence-electron chi connectivity index (χ0n) is 13.4. The van der Waals surface area contributed by atoms with Crippen LogP contribution in [0.1, 0.15) is 25.8 Å². The first-order valence-corrected chi connectivity index (χ1v) is 7.62. The Morgan fingerprint density at radius 2 is 1.83 bits per heavy atom. The van der Waals surface area contributed by atoms with Crippen molar-refractivity contribution >= 4 is 11.6 Å². The van der Waals surface area contributed by atoms with Gasteiger partial charge < -0.3 is 4.57 Å². The third kappa shape index (κ3) is 5.21. The van der Waals surface area contributed by atoms with Crippen LogP contribution in [0, 0.1) is 5.92 Å². The summed E-state index contributed by atoms with van der Waals surface area (Å²) in [6.45, 7) is 4.15. The van der Waals surface area contributed by atoms with Crippen molar-refractivity contribution in [3.63, 3.8) is 0 Å². The first-order valence-electron chi connectivity index (χ1n) is 7.62. The Kier molecular flexibility index (Phi) is 5.86. The lowest BCUT2D eigenvalue weighted by Crippen LogP contribution is -2.29. The van der Waals surface area contributed by atoms with E-state index in [1.54, 1.807) is 18.3 Å². The SMILES string of the molecule is CC(C)C/C(=N/NC(=O)Cn1ccccc1=O)c1ccccc1. The Morgan fingerprint density at radius 1 is 1.13 bits per heavy atom. The van der Waals surface area contributed by atoms with Gasteiger partial charge in [0.2, 0.25) is 0 Å². The summed E-state index contributed by atoms with van der Waals surface area (Å²) in [5.41, 5.74) is 4.15. The highest BCUT2D eigenvalue weighted by Crippen LogP contribution is 2.10. The molecule has 1 N–H and O–H groups in total. The van der Waals surface area contributed by atoms with Gasteiger partial charge in [0.1, 0.15) is 6.54 Å². The number of carbonyl (C=O) groups is 1. The van der Waals surface area contributed by atoms with Gasteiger partial charge in [-0.3, -0.25) is 9.59 Å². The van der Waals surface area contributed by atoms with Crippen LogP contribution in [0.5, 0.6) is 0 Å². The maximum atomic E-state index is 12.0. The van der Waals surface area contributed by atoms with Gasteiger partial charge in [-0.15, -0.1) is 0 Å². The van der Waals surface area contributed by atoms with Crippen LogP contribution in [0.4, 0.5) is 0 Å². The molecule has 1 amide bonds. The van der Waals surface area contributed by atoms with Crippen molar-refractivity contribution < 1.29 is 4.79 Å². The van der Waals surface area contributed by atoms with Gasteiger partial charge in [-0.05, 0) is 24.0 Å². The van der Waals surface area contributed by atoms with Crippen LogP contribution >= 0.6 is 0 Å². The Labute approximate surface area is 135 Å². The third-order valence-electron chi connectivity index (χ3n) is 3.24. The smallest absolute Gasteiger partial charge is 0.260 e. The number of nitrogens with zero attached hydrogens (tertiary/aromatic N) is 2. The lowest BCUT2D eigenvalue weighted by molar-refractivity contribution is -0.121. The molecule has 0 aliphatic carbocycles. The van der Waals surface area contributed by atoms with Crippen molar-refractivity contribution in [3.8, 4) is 0 Å². The molecule has 0 bridgehead atoms. The van der Waals surface area contributed by atoms with Gasteiger partial charge in [0.15, 0.2) is 0 Å². The van der Waals surface area contributed by atoms with Crippen LogP contribution in [0.3, 0.4) is 0 Å². The molecule has 120 valence electrons. The number of aromatic nitrogens is 1. The number of hydrogen-bond donors (Lipinski definition) is 1. The Balaban J connectivity index is 2.09. The number of benzene rings is 1. The second-order valence-electron chi connectivity index (χ2n) is 5.72. The predicted molar refractivity (Wildman–Crippen MR) is 91.3 cm³/mol. The van der Waals surface area contributed by atoms with E-state index in [0.717, 1.165) is 17.7 Å². The van der Waals surface area contributed by atoms with Crippen molar-refractivity contribution in [2.75, 3.05) is 0 Å². The summed E-state index contributed by atoms with van der Waals surface area (Å²) < 4.78 is 1.34. The van der Waals surface area contributed by atoms with Crippen LogP contribution in [0.15, 0.2) is 64.6 Å². The minimum Gasteiger partial charge on any atom is -0.306 e. The first kappa shape index (κ1) is 16.7. The lowest BCUT2D eigenvalue weighted by Gasteiger charge is -2.10. The second-order valence-corrected chi connectivity index (χ2v) is 5.72. The molecule has 1 aromatic heterocycles. The molecule has 0 aliphatic rings. The summed E-state index contributed by atoms with van der Waals surface area (Å²) in [6, 6.07) is 14.5. The molecule has 0 spiro atoms. The quantitative estimate of drug-likeness (QED) is 0.658. The van der Waals surface area contributed by atoms with Gasteiger partial charge in [0.25, 0.3) is 11.5 Å². The Morgan fingerprint density at radius 3 is 2.48 bits per heavy atom. The van der Waals surface area contributed by atoms with Crippen LogP contribution in [0.2, 0.25) is 0 Å². The van der Waals surface area contributed by atoms with Crippen molar-refractivity contribution in [2.45, 2.75) is 26.8 Å². The molecule has 0 unspecified atom stereocenters. The average Bonchev–Trinajstić information content (AvgIpc) is 2.54. The number of hydrogen-bond acceptors (Lipinski definition) is 3. The Hall–Kier alpha value is -2.69. The van der Waals surface area contributed by atoms with Gasteiger partial charge in [-0.25, -0.2) is 5.43 Å². The van der Waals surface area contributed by atoms with Crippen LogP contribution in [-0.4, -0.2) is 16.2 Å². The fraction of sp³-hybridized carbons (Fsp3) is 0.278. The molecule has 0 saturated heterocycles. The van der Waals surface area contributed by atoms with E-state index in [1.807, 2.05) is 30.3 Å². The number of hydrazone groups is 1. The molecule has 0 atom stereocenters. The molecule has 2 rings (SSSR count). The van der Waals surface area contributed by atoms with Crippen molar-refractivity contribution in [1.29, 1.82) is 0 Å². The van der Waals surface area contributed by atoms with E-state index in [9.17, 15) is 9.59 Å². The molecule has 1 aromatic carbocycles. The number of pyridine rings is 1. The fourth-order valence-corrected chi connectivity index (χ4v) is 2.16. The maximum Gasteiger partial charge on any atom is 0.260 e. The maximum absolute atomic E-state index is 12.0. The Bertz CT molecular complexity index is 733. The average molecular weight is 311 g/mol. The monoisotopic (exact) mass is 311 g/mol. The zero-order chi connectivity index (χ0) is 16.7. The molecule has 0 fully saturated rings. The zero-order valence-corrected chi connectivity index (χ0v) is 13.4. The molecule has 5 nitrogen and oxygen atoms in total. The summed E-state index contributed by atoms with van der Waals surface area (Å²) >= 11 is 0. The summed E-state index contributed by atoms with van der Waals surface area (Å²) in [4.78, 5) is 23.6. The van der Waals surface area contributed by atoms with Crippen LogP contribution in [0.25, 0.3) is 0 Å². The molecule has 2 aromatic rings. The molecule has 5 heteroatoms. The number of carbonyl (C=O) groups excluding carboxylic acids is 1. The molecular weight excluding hydrogens is 290 g/mol. The van der Waals surface area contributed by atoms with Gasteiger partial charge in [-0.1, -0.05) is 50.2 Å². The minimum atomic E-state index is -0.324. The minimum absolute atomic E-state index is 0.0487.